The summed E-state index contributed by atoms with van der Waals surface area (Å²) in [5.74, 6) is -6.09. The van der Waals surface area contributed by atoms with Crippen LogP contribution >= 0.6 is 15.9 Å². The quantitative estimate of drug-likeness (QED) is 0.161. The first-order chi connectivity index (χ1) is 14.2. The molecule has 0 unspecified atom stereocenters. The van der Waals surface area contributed by atoms with Gasteiger partial charge in [0.15, 0.2) is 0 Å². The Morgan fingerprint density at radius 2 is 1.77 bits per heavy atom. The molecule has 0 aliphatic heterocycles. The minimum absolute atomic E-state index is 0.0476. The van der Waals surface area contributed by atoms with E-state index in [1.54, 1.807) is 6.07 Å². The molecule has 31 heavy (non-hydrogen) atoms. The molecule has 0 saturated heterocycles. The molecule has 2 aromatic carbocycles. The van der Waals surface area contributed by atoms with Crippen LogP contribution in [0, 0.1) is 10.1 Å². The largest absolute Gasteiger partial charge is 0.488 e. The molecule has 0 fully saturated rings. The van der Waals surface area contributed by atoms with Crippen molar-refractivity contribution in [3.05, 3.63) is 68.2 Å². The molecule has 0 aliphatic carbocycles. The Labute approximate surface area is 178 Å². The van der Waals surface area contributed by atoms with Crippen molar-refractivity contribution in [2.24, 2.45) is 5.10 Å². The number of rotatable bonds is 8. The molecule has 0 aliphatic rings. The molecule has 0 bridgehead atoms. The zero-order chi connectivity index (χ0) is 23.4. The van der Waals surface area contributed by atoms with Gasteiger partial charge in [0.1, 0.15) is 12.4 Å². The van der Waals surface area contributed by atoms with Gasteiger partial charge in [0.05, 0.1) is 15.6 Å². The van der Waals surface area contributed by atoms with Gasteiger partial charge < -0.3 is 4.74 Å². The Morgan fingerprint density at radius 1 is 1.10 bits per heavy atom. The maximum atomic E-state index is 13.1. The van der Waals surface area contributed by atoms with E-state index in [-0.39, 0.29) is 28.1 Å². The Bertz CT molecular complexity index is 984. The number of nitrogens with one attached hydrogen (secondary N) is 1. The van der Waals surface area contributed by atoms with Crippen LogP contribution in [0.4, 0.5) is 36.4 Å². The molecule has 2 aromatic rings. The summed E-state index contributed by atoms with van der Waals surface area (Å²) in [5.41, 5.74) is 0.934. The first-order valence-corrected chi connectivity index (χ1v) is 8.82. The normalized spacial score (nSPS) is 12.8. The number of ether oxygens (including phenoxy) is 1. The highest BCUT2D eigenvalue weighted by atomic mass is 79.9. The summed E-state index contributed by atoms with van der Waals surface area (Å²) in [6.45, 7) is -0.0476. The van der Waals surface area contributed by atoms with Crippen LogP contribution in [0.2, 0.25) is 0 Å². The van der Waals surface area contributed by atoms with Crippen molar-refractivity contribution >= 4 is 27.8 Å². The van der Waals surface area contributed by atoms with Crippen molar-refractivity contribution in [2.45, 2.75) is 24.8 Å². The number of hydrazone groups is 1. The van der Waals surface area contributed by atoms with Crippen LogP contribution in [0.25, 0.3) is 0 Å². The fourth-order valence-corrected chi connectivity index (χ4v) is 2.58. The summed E-state index contributed by atoms with van der Waals surface area (Å²) < 4.78 is 93.7. The molecule has 6 nitrogen and oxygen atoms in total. The van der Waals surface area contributed by atoms with Crippen LogP contribution in [0.3, 0.4) is 0 Å². The summed E-state index contributed by atoms with van der Waals surface area (Å²) in [7, 11) is 0. The summed E-state index contributed by atoms with van der Waals surface area (Å²) in [5, 5.41) is 13.5. The minimum Gasteiger partial charge on any atom is -0.488 e. The SMILES string of the molecule is O=[N+]([O-])c1cccc(COc2ccc(/C=N/NC(F)(F)C(F)(F)C(F)(F)F)cc2Br)c1. The van der Waals surface area contributed by atoms with Crippen LogP contribution < -0.4 is 10.2 Å². The second-order valence-corrected chi connectivity index (χ2v) is 6.78. The zero-order valence-corrected chi connectivity index (χ0v) is 16.6. The Balaban J connectivity index is 2.04. The van der Waals surface area contributed by atoms with E-state index in [1.807, 2.05) is 0 Å². The van der Waals surface area contributed by atoms with E-state index in [0.29, 0.717) is 17.2 Å². The van der Waals surface area contributed by atoms with Gasteiger partial charge in [-0.15, -0.1) is 0 Å². The minimum atomic E-state index is -6.47. The number of nitro benzene ring substituents is 1. The van der Waals surface area contributed by atoms with Crippen molar-refractivity contribution in [3.8, 4) is 5.75 Å². The standard InChI is InChI=1S/C17H11BrF7N3O3/c18-13-7-10(8-26-27-17(24,25)15(19,20)16(21,22)23)4-5-14(13)31-9-11-2-1-3-12(6-11)28(29)30/h1-8,27H,9H2/b26-8+. The highest BCUT2D eigenvalue weighted by molar-refractivity contribution is 9.10. The number of non-ortho nitro benzene ring substituents is 1. The van der Waals surface area contributed by atoms with Crippen LogP contribution in [0.1, 0.15) is 11.1 Å². The first-order valence-electron chi connectivity index (χ1n) is 8.03. The number of nitro groups is 1. The van der Waals surface area contributed by atoms with Gasteiger partial charge >= 0.3 is 18.1 Å². The molecule has 0 radical (unpaired) electrons. The van der Waals surface area contributed by atoms with Crippen molar-refractivity contribution in [1.82, 2.24) is 5.43 Å². The Kier molecular flexibility index (Phi) is 7.14. The van der Waals surface area contributed by atoms with Gasteiger partial charge in [0, 0.05) is 12.1 Å². The van der Waals surface area contributed by atoms with Crippen molar-refractivity contribution in [1.29, 1.82) is 0 Å². The monoisotopic (exact) mass is 517 g/mol. The van der Waals surface area contributed by atoms with Gasteiger partial charge in [0.25, 0.3) is 5.69 Å². The van der Waals surface area contributed by atoms with Crippen LogP contribution in [-0.4, -0.2) is 29.3 Å². The van der Waals surface area contributed by atoms with Crippen molar-refractivity contribution in [3.63, 3.8) is 0 Å². The van der Waals surface area contributed by atoms with Crippen molar-refractivity contribution < 1.29 is 40.4 Å². The van der Waals surface area contributed by atoms with Gasteiger partial charge in [0.2, 0.25) is 0 Å². The lowest BCUT2D eigenvalue weighted by Crippen LogP contribution is -2.58. The van der Waals surface area contributed by atoms with E-state index in [1.165, 1.54) is 36.4 Å². The fraction of sp³-hybridized carbons (Fsp3) is 0.235. The Morgan fingerprint density at radius 3 is 2.35 bits per heavy atom. The zero-order valence-electron chi connectivity index (χ0n) is 15.0. The average Bonchev–Trinajstić information content (AvgIpc) is 2.66. The Hall–Kier alpha value is -2.90. The number of halogens is 8. The van der Waals surface area contributed by atoms with E-state index in [2.05, 4.69) is 21.0 Å². The van der Waals surface area contributed by atoms with Crippen LogP contribution in [0.5, 0.6) is 5.75 Å². The second kappa shape index (κ2) is 9.08. The predicted molar refractivity (Wildman–Crippen MR) is 98.2 cm³/mol. The first kappa shape index (κ1) is 24.4. The molecule has 0 aromatic heterocycles. The summed E-state index contributed by atoms with van der Waals surface area (Å²) in [4.78, 5) is 10.2. The highest BCUT2D eigenvalue weighted by Gasteiger charge is 2.73. The molecule has 0 heterocycles. The maximum absolute atomic E-state index is 13.1. The van der Waals surface area contributed by atoms with Gasteiger partial charge in [-0.05, 0) is 45.3 Å². The molecule has 168 valence electrons. The van der Waals surface area contributed by atoms with E-state index in [9.17, 15) is 40.8 Å². The number of alkyl halides is 7. The lowest BCUT2D eigenvalue weighted by molar-refractivity contribution is -0.384. The number of benzene rings is 2. The number of nitrogens with zero attached hydrogens (tertiary/aromatic N) is 2. The molecule has 0 spiro atoms. The third kappa shape index (κ3) is 5.83. The molecule has 2 rings (SSSR count). The predicted octanol–water partition coefficient (Wildman–Crippen LogP) is 5.65. The smallest absolute Gasteiger partial charge is 0.462 e. The van der Waals surface area contributed by atoms with Crippen LogP contribution in [0.15, 0.2) is 52.0 Å². The second-order valence-electron chi connectivity index (χ2n) is 5.92. The fourth-order valence-electron chi connectivity index (χ4n) is 2.07. The van der Waals surface area contributed by atoms with Gasteiger partial charge in [-0.1, -0.05) is 12.1 Å². The third-order valence-electron chi connectivity index (χ3n) is 3.64. The van der Waals surface area contributed by atoms with Gasteiger partial charge in [-0.25, -0.2) is 5.43 Å². The van der Waals surface area contributed by atoms with Gasteiger partial charge in [-0.3, -0.25) is 10.1 Å². The number of hydrogen-bond acceptors (Lipinski definition) is 5. The molecular formula is C17H11BrF7N3O3. The lowest BCUT2D eigenvalue weighted by atomic mass is 10.2. The molecule has 0 saturated carbocycles. The number of hydrogen-bond donors (Lipinski definition) is 1. The topological polar surface area (TPSA) is 76.8 Å². The average molecular weight is 518 g/mol. The molecular weight excluding hydrogens is 507 g/mol. The van der Waals surface area contributed by atoms with E-state index in [0.717, 1.165) is 0 Å². The third-order valence-corrected chi connectivity index (χ3v) is 4.26. The van der Waals surface area contributed by atoms with Crippen molar-refractivity contribution in [2.75, 3.05) is 0 Å². The molecule has 0 amide bonds. The highest BCUT2D eigenvalue weighted by Crippen LogP contribution is 2.45. The van der Waals surface area contributed by atoms with Crippen LogP contribution in [-0.2, 0) is 6.61 Å². The lowest BCUT2D eigenvalue weighted by Gasteiger charge is -2.27. The molecule has 1 N–H and O–H groups in total. The van der Waals surface area contributed by atoms with E-state index in [4.69, 9.17) is 4.74 Å². The van der Waals surface area contributed by atoms with E-state index >= 15 is 0 Å². The summed E-state index contributed by atoms with van der Waals surface area (Å²) in [6, 6.07) is 3.87. The summed E-state index contributed by atoms with van der Waals surface area (Å²) >= 11 is 3.12. The maximum Gasteiger partial charge on any atom is 0.462 e. The molecule has 0 atom stereocenters. The summed E-state index contributed by atoms with van der Waals surface area (Å²) in [6.07, 6.45) is -5.87. The molecule has 14 heteroatoms. The van der Waals surface area contributed by atoms with Gasteiger partial charge in [-0.2, -0.15) is 35.8 Å². The van der Waals surface area contributed by atoms with E-state index < -0.39 is 23.1 Å².